The number of aliphatic hydroxyl groups excluding tert-OH is 1. The van der Waals surface area contributed by atoms with Gasteiger partial charge in [0, 0.05) is 25.7 Å². The Labute approximate surface area is 556 Å². The number of hydrogen-bond acceptors (Lipinski definition) is 15. The van der Waals surface area contributed by atoms with Gasteiger partial charge in [0.1, 0.15) is 19.3 Å². The molecule has 0 amide bonds. The summed E-state index contributed by atoms with van der Waals surface area (Å²) in [6, 6.07) is 0. The SMILES string of the molecule is CCCCCCCCCCCCCCCCCCCCCCC(=O)O[C@H](COC(=O)CCCCCCCCCCCC(C)C)COP(=O)(O)OC[C@@H](O)COP(=O)(O)OC[C@@H](COC(=O)CCCCCCCCCC)OC(=O)CCCCCCCCCCC(C)C. The molecule has 0 heterocycles. The molecule has 0 fully saturated rings. The van der Waals surface area contributed by atoms with E-state index in [4.69, 9.17) is 37.0 Å². The summed E-state index contributed by atoms with van der Waals surface area (Å²) in [4.78, 5) is 72.5. The van der Waals surface area contributed by atoms with Gasteiger partial charge in [-0.3, -0.25) is 37.3 Å². The van der Waals surface area contributed by atoms with E-state index < -0.39 is 97.5 Å². The highest BCUT2D eigenvalue weighted by atomic mass is 31.2. The Bertz CT molecular complexity index is 1770. The van der Waals surface area contributed by atoms with Gasteiger partial charge in [0.15, 0.2) is 12.2 Å². The lowest BCUT2D eigenvalue weighted by atomic mass is 10.0. The first-order valence-corrected chi connectivity index (χ1v) is 40.5. The predicted molar refractivity (Wildman–Crippen MR) is 368 cm³/mol. The van der Waals surface area contributed by atoms with E-state index in [0.29, 0.717) is 25.7 Å². The molecule has 19 heteroatoms. The lowest BCUT2D eigenvalue weighted by molar-refractivity contribution is -0.161. The second-order valence-corrected chi connectivity index (χ2v) is 29.8. The van der Waals surface area contributed by atoms with Crippen molar-refractivity contribution >= 4 is 39.5 Å². The molecule has 5 atom stereocenters. The molecule has 0 radical (unpaired) electrons. The minimum absolute atomic E-state index is 0.104. The van der Waals surface area contributed by atoms with Crippen molar-refractivity contribution in [1.82, 2.24) is 0 Å². The van der Waals surface area contributed by atoms with Gasteiger partial charge in [0.2, 0.25) is 0 Å². The molecule has 0 aliphatic rings. The molecule has 0 rings (SSSR count). The molecular weight excluding hydrogens is 1200 g/mol. The van der Waals surface area contributed by atoms with Crippen molar-refractivity contribution in [3.8, 4) is 0 Å². The third-order valence-electron chi connectivity index (χ3n) is 16.7. The molecule has 2 unspecified atom stereocenters. The fraction of sp³-hybridized carbons (Fsp3) is 0.944. The van der Waals surface area contributed by atoms with Crippen LogP contribution in [0, 0.1) is 11.8 Å². The minimum atomic E-state index is -4.95. The van der Waals surface area contributed by atoms with Gasteiger partial charge in [-0.05, 0) is 37.5 Å². The number of esters is 4. The van der Waals surface area contributed by atoms with E-state index in [0.717, 1.165) is 108 Å². The summed E-state index contributed by atoms with van der Waals surface area (Å²) < 4.78 is 68.3. The van der Waals surface area contributed by atoms with Gasteiger partial charge in [-0.25, -0.2) is 9.13 Å². The minimum Gasteiger partial charge on any atom is -0.462 e. The zero-order valence-electron chi connectivity index (χ0n) is 59.1. The van der Waals surface area contributed by atoms with Gasteiger partial charge < -0.3 is 33.8 Å². The first-order chi connectivity index (χ1) is 43.9. The first kappa shape index (κ1) is 89.1. The fourth-order valence-corrected chi connectivity index (χ4v) is 12.5. The van der Waals surface area contributed by atoms with Crippen molar-refractivity contribution in [2.45, 2.75) is 387 Å². The Kier molecular flexibility index (Phi) is 62.7. The molecule has 0 spiro atoms. The van der Waals surface area contributed by atoms with Crippen LogP contribution in [0.5, 0.6) is 0 Å². The van der Waals surface area contributed by atoms with Crippen molar-refractivity contribution in [2.75, 3.05) is 39.6 Å². The molecular formula is C72H140O17P2. The van der Waals surface area contributed by atoms with E-state index in [2.05, 4.69) is 41.5 Å². The van der Waals surface area contributed by atoms with E-state index in [1.807, 2.05) is 0 Å². The standard InChI is InChI=1S/C72H140O17P2/c1-7-9-11-13-15-17-18-19-20-21-22-23-24-25-26-27-30-38-44-50-56-71(76)88-68(61-83-70(75)55-49-43-37-31-28-29-34-40-46-52-64(3)4)63-87-91(80,81)85-59-66(73)58-84-90(78,79)86-62-67(60-82-69(74)54-48-42-36-16-14-12-10-8-2)89-72(77)57-51-45-39-33-32-35-41-47-53-65(5)6/h64-68,73H,7-63H2,1-6H3,(H,78,79)(H,80,81)/t66-,67+,68+/m0/s1. The van der Waals surface area contributed by atoms with E-state index in [1.165, 1.54) is 180 Å². The van der Waals surface area contributed by atoms with Crippen LogP contribution in [-0.4, -0.2) is 96.7 Å². The van der Waals surface area contributed by atoms with Crippen LogP contribution < -0.4 is 0 Å². The largest absolute Gasteiger partial charge is 0.472 e. The quantitative estimate of drug-likeness (QED) is 0.0222. The maximum atomic E-state index is 13.0. The highest BCUT2D eigenvalue weighted by molar-refractivity contribution is 7.47. The molecule has 0 aromatic rings. The van der Waals surface area contributed by atoms with Crippen LogP contribution in [0.2, 0.25) is 0 Å². The Morgan fingerprint density at radius 2 is 0.505 bits per heavy atom. The van der Waals surface area contributed by atoms with Gasteiger partial charge in [-0.1, -0.05) is 318 Å². The Balaban J connectivity index is 5.17. The smallest absolute Gasteiger partial charge is 0.462 e. The van der Waals surface area contributed by atoms with Crippen LogP contribution >= 0.6 is 15.6 Å². The van der Waals surface area contributed by atoms with E-state index in [9.17, 15) is 43.2 Å². The van der Waals surface area contributed by atoms with Gasteiger partial charge in [0.25, 0.3) is 0 Å². The van der Waals surface area contributed by atoms with Gasteiger partial charge in [-0.15, -0.1) is 0 Å². The summed E-state index contributed by atoms with van der Waals surface area (Å²) in [7, 11) is -9.90. The molecule has 3 N–H and O–H groups in total. The topological polar surface area (TPSA) is 237 Å². The molecule has 540 valence electrons. The molecule has 0 aliphatic carbocycles. The Morgan fingerprint density at radius 1 is 0.297 bits per heavy atom. The Hall–Kier alpha value is -1.94. The van der Waals surface area contributed by atoms with Crippen molar-refractivity contribution < 1.29 is 80.2 Å². The first-order valence-electron chi connectivity index (χ1n) is 37.5. The van der Waals surface area contributed by atoms with Crippen LogP contribution in [0.4, 0.5) is 0 Å². The number of ether oxygens (including phenoxy) is 4. The lowest BCUT2D eigenvalue weighted by Gasteiger charge is -2.21. The third kappa shape index (κ3) is 66.5. The summed E-state index contributed by atoms with van der Waals surface area (Å²) in [6.07, 6.45) is 50.2. The molecule has 0 saturated heterocycles. The number of hydrogen-bond donors (Lipinski definition) is 3. The van der Waals surface area contributed by atoms with Gasteiger partial charge in [0.05, 0.1) is 26.4 Å². The highest BCUT2D eigenvalue weighted by Crippen LogP contribution is 2.45. The molecule has 0 aromatic carbocycles. The van der Waals surface area contributed by atoms with E-state index in [1.54, 1.807) is 0 Å². The average molecular weight is 1340 g/mol. The van der Waals surface area contributed by atoms with Crippen LogP contribution in [0.15, 0.2) is 0 Å². The summed E-state index contributed by atoms with van der Waals surface area (Å²) >= 11 is 0. The fourth-order valence-electron chi connectivity index (χ4n) is 10.9. The maximum absolute atomic E-state index is 13.0. The normalized spacial score (nSPS) is 14.1. The van der Waals surface area contributed by atoms with Crippen molar-refractivity contribution in [2.24, 2.45) is 11.8 Å². The van der Waals surface area contributed by atoms with Crippen molar-refractivity contribution in [1.29, 1.82) is 0 Å². The van der Waals surface area contributed by atoms with Crippen LogP contribution in [0.3, 0.4) is 0 Å². The number of carbonyl (C=O) groups is 4. The Morgan fingerprint density at radius 3 is 0.747 bits per heavy atom. The number of rotatable bonds is 71. The van der Waals surface area contributed by atoms with Gasteiger partial charge in [-0.2, -0.15) is 0 Å². The summed E-state index contributed by atoms with van der Waals surface area (Å²) in [5, 5.41) is 10.6. The summed E-state index contributed by atoms with van der Waals surface area (Å²) in [6.45, 7) is 9.47. The number of aliphatic hydroxyl groups is 1. The van der Waals surface area contributed by atoms with Crippen molar-refractivity contribution in [3.63, 3.8) is 0 Å². The highest BCUT2D eigenvalue weighted by Gasteiger charge is 2.30. The third-order valence-corrected chi connectivity index (χ3v) is 18.6. The molecule has 0 bridgehead atoms. The van der Waals surface area contributed by atoms with E-state index in [-0.39, 0.29) is 25.7 Å². The maximum Gasteiger partial charge on any atom is 0.472 e. The molecule has 0 aromatic heterocycles. The van der Waals surface area contributed by atoms with Gasteiger partial charge >= 0.3 is 39.5 Å². The molecule has 0 saturated carbocycles. The van der Waals surface area contributed by atoms with Crippen molar-refractivity contribution in [3.05, 3.63) is 0 Å². The molecule has 91 heavy (non-hydrogen) atoms. The molecule has 0 aliphatic heterocycles. The monoisotopic (exact) mass is 1340 g/mol. The number of phosphoric acid groups is 2. The van der Waals surface area contributed by atoms with Crippen LogP contribution in [0.25, 0.3) is 0 Å². The van der Waals surface area contributed by atoms with Crippen LogP contribution in [0.1, 0.15) is 369 Å². The second-order valence-electron chi connectivity index (χ2n) is 26.9. The number of unbranched alkanes of at least 4 members (excludes halogenated alkanes) is 41. The predicted octanol–water partition coefficient (Wildman–Crippen LogP) is 20.8. The number of carbonyl (C=O) groups excluding carboxylic acids is 4. The van der Waals surface area contributed by atoms with Crippen LogP contribution in [-0.2, 0) is 65.4 Å². The average Bonchev–Trinajstić information content (AvgIpc) is 3.61. The zero-order valence-corrected chi connectivity index (χ0v) is 60.9. The summed E-state index contributed by atoms with van der Waals surface area (Å²) in [5.41, 5.74) is 0. The molecule has 17 nitrogen and oxygen atoms in total. The number of phosphoric ester groups is 2. The summed E-state index contributed by atoms with van der Waals surface area (Å²) in [5.74, 6) is -0.665. The van der Waals surface area contributed by atoms with E-state index >= 15 is 0 Å². The second kappa shape index (κ2) is 64.1. The lowest BCUT2D eigenvalue weighted by Crippen LogP contribution is -2.30. The zero-order chi connectivity index (χ0) is 67.2.